The quantitative estimate of drug-likeness (QED) is 0.817. The molecule has 0 saturated heterocycles. The molecule has 4 nitrogen and oxygen atoms in total. The van der Waals surface area contributed by atoms with Crippen molar-refractivity contribution in [3.8, 4) is 0 Å². The van der Waals surface area contributed by atoms with E-state index in [1.165, 1.54) is 5.56 Å². The molecule has 0 aliphatic heterocycles. The Bertz CT molecular complexity index is 416. The van der Waals surface area contributed by atoms with E-state index in [0.717, 1.165) is 12.1 Å². The number of benzene rings is 1. The molecule has 0 radical (unpaired) electrons. The normalized spacial score (nSPS) is 12.8. The van der Waals surface area contributed by atoms with E-state index in [9.17, 15) is 4.79 Å². The maximum atomic E-state index is 11.4. The van der Waals surface area contributed by atoms with E-state index in [4.69, 9.17) is 5.73 Å². The lowest BCUT2D eigenvalue weighted by Crippen LogP contribution is -2.37. The fourth-order valence-electron chi connectivity index (χ4n) is 1.66. The number of nitrogens with one attached hydrogen (secondary N) is 1. The third-order valence-electron chi connectivity index (χ3n) is 3.19. The van der Waals surface area contributed by atoms with Gasteiger partial charge in [0.05, 0.1) is 6.04 Å². The summed E-state index contributed by atoms with van der Waals surface area (Å²) in [5.41, 5.74) is 7.86. The van der Waals surface area contributed by atoms with Gasteiger partial charge in [-0.25, -0.2) is 0 Å². The molecular weight excluding hydrogens is 238 g/mol. The van der Waals surface area contributed by atoms with E-state index >= 15 is 0 Å². The summed E-state index contributed by atoms with van der Waals surface area (Å²) in [4.78, 5) is 13.7. The number of nitrogens with zero attached hydrogens (tertiary/aromatic N) is 1. The summed E-state index contributed by atoms with van der Waals surface area (Å²) in [5, 5.41) is 2.82. The topological polar surface area (TPSA) is 58.4 Å². The van der Waals surface area contributed by atoms with Crippen molar-refractivity contribution in [3.63, 3.8) is 0 Å². The average molecular weight is 263 g/mol. The molecule has 3 N–H and O–H groups in total. The highest BCUT2D eigenvalue weighted by molar-refractivity contribution is 5.80. The van der Waals surface area contributed by atoms with Crippen molar-refractivity contribution in [2.75, 3.05) is 7.05 Å². The molecule has 0 aliphatic rings. The first-order chi connectivity index (χ1) is 8.90. The van der Waals surface area contributed by atoms with Crippen LogP contribution in [0.3, 0.4) is 0 Å². The maximum Gasteiger partial charge on any atom is 0.236 e. The number of carbonyl (C=O) groups is 1. The largest absolute Gasteiger partial charge is 0.351 e. The van der Waals surface area contributed by atoms with Crippen LogP contribution in [0.25, 0.3) is 0 Å². The first-order valence-corrected chi connectivity index (χ1v) is 6.71. The van der Waals surface area contributed by atoms with Gasteiger partial charge in [-0.1, -0.05) is 24.3 Å². The zero-order chi connectivity index (χ0) is 14.4. The van der Waals surface area contributed by atoms with Gasteiger partial charge in [0.25, 0.3) is 0 Å². The second kappa shape index (κ2) is 7.26. The maximum absolute atomic E-state index is 11.4. The first-order valence-electron chi connectivity index (χ1n) is 6.71. The number of nitrogens with two attached hydrogens (primary N) is 1. The second-order valence-electron chi connectivity index (χ2n) is 5.34. The van der Waals surface area contributed by atoms with E-state index < -0.39 is 6.04 Å². The fraction of sp³-hybridized carbons (Fsp3) is 0.533. The van der Waals surface area contributed by atoms with Gasteiger partial charge in [-0.15, -0.1) is 0 Å². The van der Waals surface area contributed by atoms with Crippen LogP contribution < -0.4 is 11.1 Å². The average Bonchev–Trinajstić information content (AvgIpc) is 2.36. The first kappa shape index (κ1) is 15.7. The van der Waals surface area contributed by atoms with Crippen LogP contribution in [0.2, 0.25) is 0 Å². The number of carbonyl (C=O) groups excluding carboxylic acids is 1. The van der Waals surface area contributed by atoms with Crippen LogP contribution in [0.4, 0.5) is 0 Å². The van der Waals surface area contributed by atoms with Crippen molar-refractivity contribution < 1.29 is 4.79 Å². The van der Waals surface area contributed by atoms with E-state index in [1.54, 1.807) is 6.92 Å². The van der Waals surface area contributed by atoms with Crippen molar-refractivity contribution >= 4 is 5.91 Å². The molecule has 1 atom stereocenters. The third-order valence-corrected chi connectivity index (χ3v) is 3.19. The molecule has 19 heavy (non-hydrogen) atoms. The van der Waals surface area contributed by atoms with Gasteiger partial charge in [0, 0.05) is 19.1 Å². The zero-order valence-electron chi connectivity index (χ0n) is 12.3. The van der Waals surface area contributed by atoms with E-state index in [-0.39, 0.29) is 5.91 Å². The molecule has 0 spiro atoms. The van der Waals surface area contributed by atoms with E-state index in [2.05, 4.69) is 43.2 Å². The minimum atomic E-state index is -0.463. The van der Waals surface area contributed by atoms with Gasteiger partial charge < -0.3 is 11.1 Å². The number of amides is 1. The Morgan fingerprint density at radius 3 is 2.53 bits per heavy atom. The highest BCUT2D eigenvalue weighted by Gasteiger charge is 2.07. The van der Waals surface area contributed by atoms with Crippen LogP contribution in [-0.4, -0.2) is 29.9 Å². The van der Waals surface area contributed by atoms with Crippen molar-refractivity contribution in [1.82, 2.24) is 10.2 Å². The Balaban J connectivity index is 2.59. The van der Waals surface area contributed by atoms with Crippen molar-refractivity contribution in [1.29, 1.82) is 0 Å². The fourth-order valence-corrected chi connectivity index (χ4v) is 1.66. The van der Waals surface area contributed by atoms with Gasteiger partial charge in [-0.05, 0) is 38.9 Å². The molecule has 0 saturated carbocycles. The Labute approximate surface area is 116 Å². The predicted molar refractivity (Wildman–Crippen MR) is 78.5 cm³/mol. The summed E-state index contributed by atoms with van der Waals surface area (Å²) in [5.74, 6) is -0.121. The predicted octanol–water partition coefficient (Wildman–Crippen LogP) is 1.49. The Morgan fingerprint density at radius 1 is 1.32 bits per heavy atom. The summed E-state index contributed by atoms with van der Waals surface area (Å²) < 4.78 is 0. The van der Waals surface area contributed by atoms with Gasteiger partial charge in [-0.2, -0.15) is 0 Å². The molecule has 1 aromatic rings. The summed E-state index contributed by atoms with van der Waals surface area (Å²) in [6.07, 6.45) is 0. The molecule has 0 bridgehead atoms. The van der Waals surface area contributed by atoms with Crippen LogP contribution in [-0.2, 0) is 17.9 Å². The highest BCUT2D eigenvalue weighted by Crippen LogP contribution is 2.09. The molecule has 0 aromatic heterocycles. The summed E-state index contributed by atoms with van der Waals surface area (Å²) >= 11 is 0. The third kappa shape index (κ3) is 5.41. The number of hydrogen-bond donors (Lipinski definition) is 2. The molecule has 1 rings (SSSR count). The van der Waals surface area contributed by atoms with E-state index in [0.29, 0.717) is 12.6 Å². The lowest BCUT2D eigenvalue weighted by atomic mass is 10.1. The van der Waals surface area contributed by atoms with Gasteiger partial charge >= 0.3 is 0 Å². The Kier molecular flexibility index (Phi) is 5.99. The molecule has 1 unspecified atom stereocenters. The summed E-state index contributed by atoms with van der Waals surface area (Å²) in [7, 11) is 2.11. The minimum absolute atomic E-state index is 0.121. The van der Waals surface area contributed by atoms with Crippen LogP contribution in [0.5, 0.6) is 0 Å². The van der Waals surface area contributed by atoms with Crippen LogP contribution in [0.15, 0.2) is 24.3 Å². The summed E-state index contributed by atoms with van der Waals surface area (Å²) in [6, 6.07) is 8.32. The standard InChI is InChI=1S/C15H25N3O/c1-11(2)18(4)10-14-7-5-6-13(8-14)9-17-15(19)12(3)16/h5-8,11-12H,9-10,16H2,1-4H3,(H,17,19). The summed E-state index contributed by atoms with van der Waals surface area (Å²) in [6.45, 7) is 7.47. The van der Waals surface area contributed by atoms with Crippen LogP contribution in [0.1, 0.15) is 31.9 Å². The van der Waals surface area contributed by atoms with Crippen molar-refractivity contribution in [3.05, 3.63) is 35.4 Å². The van der Waals surface area contributed by atoms with Crippen molar-refractivity contribution in [2.24, 2.45) is 5.73 Å². The second-order valence-corrected chi connectivity index (χ2v) is 5.34. The van der Waals surface area contributed by atoms with Crippen LogP contribution in [0, 0.1) is 0 Å². The zero-order valence-corrected chi connectivity index (χ0v) is 12.3. The molecule has 4 heteroatoms. The molecule has 1 aromatic carbocycles. The minimum Gasteiger partial charge on any atom is -0.351 e. The lowest BCUT2D eigenvalue weighted by Gasteiger charge is -2.21. The molecule has 0 aliphatic carbocycles. The van der Waals surface area contributed by atoms with Crippen LogP contribution >= 0.6 is 0 Å². The number of rotatable bonds is 6. The molecule has 0 heterocycles. The van der Waals surface area contributed by atoms with Gasteiger partial charge in [0.2, 0.25) is 5.91 Å². The molecule has 0 fully saturated rings. The smallest absolute Gasteiger partial charge is 0.236 e. The Hall–Kier alpha value is -1.39. The van der Waals surface area contributed by atoms with Gasteiger partial charge in [0.15, 0.2) is 0 Å². The lowest BCUT2D eigenvalue weighted by molar-refractivity contribution is -0.122. The number of hydrogen-bond acceptors (Lipinski definition) is 3. The molecule has 1 amide bonds. The van der Waals surface area contributed by atoms with E-state index in [1.807, 2.05) is 12.1 Å². The monoisotopic (exact) mass is 263 g/mol. The van der Waals surface area contributed by atoms with Gasteiger partial charge in [0.1, 0.15) is 0 Å². The molecule has 106 valence electrons. The highest BCUT2D eigenvalue weighted by atomic mass is 16.2. The molecular formula is C15H25N3O. The van der Waals surface area contributed by atoms with Gasteiger partial charge in [-0.3, -0.25) is 9.69 Å². The van der Waals surface area contributed by atoms with Crippen molar-refractivity contribution in [2.45, 2.75) is 45.9 Å². The SMILES string of the molecule is CC(N)C(=O)NCc1cccc(CN(C)C(C)C)c1. The Morgan fingerprint density at radius 2 is 1.95 bits per heavy atom.